The summed E-state index contributed by atoms with van der Waals surface area (Å²) in [5.41, 5.74) is 0.637. The van der Waals surface area contributed by atoms with Gasteiger partial charge in [-0.2, -0.15) is 0 Å². The molecule has 2 heterocycles. The number of rotatable bonds is 18. The second kappa shape index (κ2) is 15.7. The van der Waals surface area contributed by atoms with Gasteiger partial charge in [0.15, 0.2) is 11.9 Å². The van der Waals surface area contributed by atoms with Crippen LogP contribution in [0.25, 0.3) is 0 Å². The van der Waals surface area contributed by atoms with Gasteiger partial charge in [0.25, 0.3) is 0 Å². The number of ether oxygens (including phenoxy) is 1. The maximum atomic E-state index is 12.2. The predicted octanol–water partition coefficient (Wildman–Crippen LogP) is 6.43. The molecule has 0 saturated heterocycles. The molecule has 1 aromatic rings. The van der Waals surface area contributed by atoms with Crippen molar-refractivity contribution in [3.63, 3.8) is 0 Å². The summed E-state index contributed by atoms with van der Waals surface area (Å²) >= 11 is 0. The number of carbonyl (C=O) groups is 1. The van der Waals surface area contributed by atoms with Crippen LogP contribution >= 0.6 is 0 Å². The van der Waals surface area contributed by atoms with Gasteiger partial charge in [0, 0.05) is 0 Å². The first-order valence-corrected chi connectivity index (χ1v) is 12.5. The molecule has 0 spiro atoms. The maximum absolute atomic E-state index is 12.2. The molecule has 0 bridgehead atoms. The van der Waals surface area contributed by atoms with Crippen LogP contribution in [0.1, 0.15) is 103 Å². The van der Waals surface area contributed by atoms with Crippen LogP contribution < -0.4 is 0 Å². The monoisotopic (exact) mass is 447 g/mol. The van der Waals surface area contributed by atoms with E-state index in [2.05, 4.69) is 11.9 Å². The van der Waals surface area contributed by atoms with Crippen LogP contribution in [0.4, 0.5) is 0 Å². The van der Waals surface area contributed by atoms with Gasteiger partial charge >= 0.3 is 5.97 Å². The van der Waals surface area contributed by atoms with Crippen LogP contribution in [0.2, 0.25) is 0 Å². The molecule has 0 aliphatic carbocycles. The minimum atomic E-state index is -0.988. The third-order valence-electron chi connectivity index (χ3n) is 5.99. The molecule has 0 radical (unpaired) electrons. The van der Waals surface area contributed by atoms with E-state index in [4.69, 9.17) is 9.15 Å². The number of nitrogens with zero attached hydrogens (tertiary/aromatic N) is 1. The predicted molar refractivity (Wildman–Crippen MR) is 127 cm³/mol. The lowest BCUT2D eigenvalue weighted by Gasteiger charge is -2.07. The number of unbranched alkanes of at least 4 members (excludes halogenated alkanes) is 12. The third-order valence-corrected chi connectivity index (χ3v) is 5.99. The molecular weight excluding hydrogens is 406 g/mol. The fourth-order valence-electron chi connectivity index (χ4n) is 4.07. The van der Waals surface area contributed by atoms with E-state index < -0.39 is 18.7 Å². The Morgan fingerprint density at radius 1 is 0.969 bits per heavy atom. The minimum Gasteiger partial charge on any atom is -0.507 e. The first-order valence-electron chi connectivity index (χ1n) is 12.5. The number of hydrogen-bond acceptors (Lipinski definition) is 6. The topological polar surface area (TPSA) is 92.3 Å². The highest BCUT2D eigenvalue weighted by Gasteiger charge is 2.36. The van der Waals surface area contributed by atoms with E-state index in [1.165, 1.54) is 64.2 Å². The van der Waals surface area contributed by atoms with E-state index in [0.29, 0.717) is 24.4 Å². The Balaban J connectivity index is 1.69. The summed E-state index contributed by atoms with van der Waals surface area (Å²) in [6.45, 7) is 2.12. The summed E-state index contributed by atoms with van der Waals surface area (Å²) < 4.78 is 10.4. The van der Waals surface area contributed by atoms with Gasteiger partial charge in [0.1, 0.15) is 11.3 Å². The number of hydrogen-bond donors (Lipinski definition) is 2. The normalized spacial score (nSPS) is 16.8. The molecule has 1 aromatic heterocycles. The standard InChI is InChI=1S/C26H41NO5/c1-2-3-4-5-6-7-8-9-10-11-12-13-14-17-22(27-19-21-16-15-18-31-21)24-25(29)23(20-28)32-26(24)30/h15-16,18,23,28-29H,2-14,17,19-20H2,1H3. The zero-order chi connectivity index (χ0) is 23.0. The smallest absolute Gasteiger partial charge is 0.344 e. The number of aliphatic hydroxyl groups excluding tert-OH is 2. The van der Waals surface area contributed by atoms with Gasteiger partial charge < -0.3 is 19.4 Å². The summed E-state index contributed by atoms with van der Waals surface area (Å²) in [5.74, 6) is -0.141. The van der Waals surface area contributed by atoms with Gasteiger partial charge in [-0.3, -0.25) is 4.99 Å². The highest BCUT2D eigenvalue weighted by atomic mass is 16.6. The molecule has 0 saturated carbocycles. The Morgan fingerprint density at radius 2 is 1.56 bits per heavy atom. The van der Waals surface area contributed by atoms with E-state index >= 15 is 0 Å². The van der Waals surface area contributed by atoms with Crippen molar-refractivity contribution >= 4 is 11.7 Å². The molecule has 1 atom stereocenters. The number of carbonyl (C=O) groups excluding carboxylic acids is 1. The van der Waals surface area contributed by atoms with Gasteiger partial charge in [0.05, 0.1) is 25.1 Å². The van der Waals surface area contributed by atoms with E-state index in [-0.39, 0.29) is 11.3 Å². The molecule has 6 heteroatoms. The van der Waals surface area contributed by atoms with Gasteiger partial charge in [-0.25, -0.2) is 4.79 Å². The zero-order valence-corrected chi connectivity index (χ0v) is 19.7. The second-order valence-electron chi connectivity index (χ2n) is 8.67. The summed E-state index contributed by atoms with van der Waals surface area (Å²) in [6, 6.07) is 3.61. The number of furan rings is 1. The van der Waals surface area contributed by atoms with Crippen molar-refractivity contribution in [2.45, 2.75) is 109 Å². The third kappa shape index (κ3) is 9.19. The maximum Gasteiger partial charge on any atom is 0.344 e. The van der Waals surface area contributed by atoms with Crippen LogP contribution in [0.5, 0.6) is 0 Å². The number of aliphatic hydroxyl groups is 2. The van der Waals surface area contributed by atoms with Crippen molar-refractivity contribution in [2.24, 2.45) is 4.99 Å². The van der Waals surface area contributed by atoms with Crippen molar-refractivity contribution < 1.29 is 24.2 Å². The fourth-order valence-corrected chi connectivity index (χ4v) is 4.07. The molecule has 2 N–H and O–H groups in total. The average Bonchev–Trinajstić information content (AvgIpc) is 3.41. The summed E-state index contributed by atoms with van der Waals surface area (Å²) in [6.07, 6.45) is 17.7. The molecule has 6 nitrogen and oxygen atoms in total. The van der Waals surface area contributed by atoms with Crippen LogP contribution in [0, 0.1) is 0 Å². The van der Waals surface area contributed by atoms with E-state index in [1.807, 2.05) is 6.07 Å². The van der Waals surface area contributed by atoms with Gasteiger partial charge in [-0.15, -0.1) is 0 Å². The molecule has 0 aromatic carbocycles. The minimum absolute atomic E-state index is 0.106. The number of cyclic esters (lactones) is 1. The molecule has 2 rings (SSSR count). The Hall–Kier alpha value is -2.08. The Labute approximate surface area is 192 Å². The molecule has 1 unspecified atom stereocenters. The zero-order valence-electron chi connectivity index (χ0n) is 19.7. The van der Waals surface area contributed by atoms with E-state index in [0.717, 1.165) is 19.3 Å². The quantitative estimate of drug-likeness (QED) is 0.154. The fraction of sp³-hybridized carbons (Fsp3) is 0.692. The first kappa shape index (κ1) is 26.2. The first-order chi connectivity index (χ1) is 15.7. The van der Waals surface area contributed by atoms with Crippen LogP contribution in [0.15, 0.2) is 39.1 Å². The summed E-state index contributed by atoms with van der Waals surface area (Å²) in [4.78, 5) is 16.8. The molecule has 32 heavy (non-hydrogen) atoms. The van der Waals surface area contributed by atoms with Crippen molar-refractivity contribution in [1.29, 1.82) is 0 Å². The summed E-state index contributed by atoms with van der Waals surface area (Å²) in [5, 5.41) is 19.6. The lowest BCUT2D eigenvalue weighted by atomic mass is 10.0. The molecule has 1 aliphatic heterocycles. The molecule has 1 aliphatic rings. The Morgan fingerprint density at radius 3 is 2.06 bits per heavy atom. The highest BCUT2D eigenvalue weighted by molar-refractivity contribution is 6.21. The van der Waals surface area contributed by atoms with Crippen molar-refractivity contribution in [3.8, 4) is 0 Å². The van der Waals surface area contributed by atoms with E-state index in [9.17, 15) is 15.0 Å². The average molecular weight is 448 g/mol. The van der Waals surface area contributed by atoms with Crippen LogP contribution in [-0.2, 0) is 16.1 Å². The Kier molecular flexibility index (Phi) is 12.8. The van der Waals surface area contributed by atoms with E-state index in [1.54, 1.807) is 12.3 Å². The lowest BCUT2D eigenvalue weighted by molar-refractivity contribution is -0.141. The van der Waals surface area contributed by atoms with Crippen molar-refractivity contribution in [2.75, 3.05) is 6.61 Å². The van der Waals surface area contributed by atoms with Crippen molar-refractivity contribution in [1.82, 2.24) is 0 Å². The van der Waals surface area contributed by atoms with Crippen LogP contribution in [0.3, 0.4) is 0 Å². The lowest BCUT2D eigenvalue weighted by Crippen LogP contribution is -2.15. The second-order valence-corrected chi connectivity index (χ2v) is 8.67. The Bertz CT molecular complexity index is 708. The van der Waals surface area contributed by atoms with Crippen molar-refractivity contribution in [3.05, 3.63) is 35.5 Å². The largest absolute Gasteiger partial charge is 0.507 e. The number of esters is 1. The molecule has 180 valence electrons. The van der Waals surface area contributed by atoms with Gasteiger partial charge in [-0.05, 0) is 25.0 Å². The van der Waals surface area contributed by atoms with Gasteiger partial charge in [-0.1, -0.05) is 84.0 Å². The number of aliphatic imine (C=N–C) groups is 1. The molecule has 0 fully saturated rings. The SMILES string of the molecule is CCCCCCCCCCCCCCCC(=NCc1ccco1)C1=C(O)C(CO)OC1=O. The summed E-state index contributed by atoms with van der Waals surface area (Å²) in [7, 11) is 0. The van der Waals surface area contributed by atoms with Crippen LogP contribution in [-0.4, -0.2) is 34.6 Å². The van der Waals surface area contributed by atoms with Gasteiger partial charge in [0.2, 0.25) is 0 Å². The highest BCUT2D eigenvalue weighted by Crippen LogP contribution is 2.25. The molecular formula is C26H41NO5. The molecule has 0 amide bonds.